The zero-order chi connectivity index (χ0) is 15.6. The van der Waals surface area contributed by atoms with Gasteiger partial charge in [0.05, 0.1) is 24.9 Å². The van der Waals surface area contributed by atoms with Crippen molar-refractivity contribution in [3.05, 3.63) is 0 Å². The van der Waals surface area contributed by atoms with E-state index in [2.05, 4.69) is 8.37 Å². The number of hydrogen-bond acceptors (Lipinski definition) is 8. The molecule has 1 heterocycles. The molecule has 0 amide bonds. The molecular weight excluding hydrogens is 320 g/mol. The molecule has 12 heteroatoms. The summed E-state index contributed by atoms with van der Waals surface area (Å²) in [5.41, 5.74) is 0. The van der Waals surface area contributed by atoms with Gasteiger partial charge in [-0.25, -0.2) is 8.37 Å². The van der Waals surface area contributed by atoms with E-state index in [1.165, 1.54) is 14.0 Å². The smallest absolute Gasteiger partial charge is 0.378 e. The second-order valence-corrected chi connectivity index (χ2v) is 6.31. The second-order valence-electron chi connectivity index (χ2n) is 4.17. The summed E-state index contributed by atoms with van der Waals surface area (Å²) in [5.74, 6) is 0. The first-order chi connectivity index (χ1) is 9.02. The van der Waals surface area contributed by atoms with Gasteiger partial charge in [0.2, 0.25) is 0 Å². The third-order valence-electron chi connectivity index (χ3n) is 2.67. The molecular formula is C8H16O10S2. The maximum Gasteiger partial charge on any atom is 0.397 e. The number of methoxy groups -OCH3 is 1. The van der Waals surface area contributed by atoms with Gasteiger partial charge in [-0.05, 0) is 6.92 Å². The van der Waals surface area contributed by atoms with Crippen molar-refractivity contribution >= 4 is 20.8 Å². The molecule has 120 valence electrons. The fourth-order valence-corrected chi connectivity index (χ4v) is 2.80. The Morgan fingerprint density at radius 1 is 1.20 bits per heavy atom. The maximum atomic E-state index is 10.7. The van der Waals surface area contributed by atoms with Crippen molar-refractivity contribution in [2.75, 3.05) is 13.7 Å². The van der Waals surface area contributed by atoms with Crippen LogP contribution in [0.1, 0.15) is 13.3 Å². The van der Waals surface area contributed by atoms with Crippen LogP contribution < -0.4 is 0 Å². The third kappa shape index (κ3) is 5.97. The fraction of sp³-hybridized carbons (Fsp3) is 1.00. The zero-order valence-corrected chi connectivity index (χ0v) is 12.3. The van der Waals surface area contributed by atoms with Crippen LogP contribution in [0.2, 0.25) is 0 Å². The van der Waals surface area contributed by atoms with Crippen molar-refractivity contribution in [2.24, 2.45) is 0 Å². The fourth-order valence-electron chi connectivity index (χ4n) is 1.91. The molecule has 20 heavy (non-hydrogen) atoms. The standard InChI is InChI=1S/C8H16O10S2/c1-5-8(18-20(12,13)14)7(15-2)3-6(17-5)4-16-19(9,10)11/h5-8H,3-4H2,1-2H3,(H,9,10,11)(H,12,13,14)/t5-,6?,7?,8?/m0/s1. The van der Waals surface area contributed by atoms with Crippen LogP contribution in [0.3, 0.4) is 0 Å². The van der Waals surface area contributed by atoms with Gasteiger partial charge in [0.15, 0.2) is 0 Å². The molecule has 3 unspecified atom stereocenters. The number of rotatable bonds is 6. The van der Waals surface area contributed by atoms with E-state index < -0.39 is 51.8 Å². The van der Waals surface area contributed by atoms with Gasteiger partial charge in [0, 0.05) is 13.5 Å². The van der Waals surface area contributed by atoms with Crippen LogP contribution in [0.4, 0.5) is 0 Å². The van der Waals surface area contributed by atoms with E-state index in [-0.39, 0.29) is 6.42 Å². The SMILES string of the molecule is COC1CC(COS(=O)(=O)O)O[C@@H](C)C1OS(=O)(=O)O. The molecule has 0 aromatic heterocycles. The Morgan fingerprint density at radius 2 is 1.80 bits per heavy atom. The summed E-state index contributed by atoms with van der Waals surface area (Å²) in [4.78, 5) is 0. The van der Waals surface area contributed by atoms with Gasteiger partial charge in [-0.15, -0.1) is 0 Å². The summed E-state index contributed by atoms with van der Waals surface area (Å²) in [6.07, 6.45) is -3.37. The highest BCUT2D eigenvalue weighted by Crippen LogP contribution is 2.26. The molecule has 0 aromatic rings. The molecule has 10 nitrogen and oxygen atoms in total. The minimum Gasteiger partial charge on any atom is -0.378 e. The molecule has 0 saturated carbocycles. The average molecular weight is 336 g/mol. The monoisotopic (exact) mass is 336 g/mol. The Hall–Kier alpha value is -0.340. The lowest BCUT2D eigenvalue weighted by Gasteiger charge is -2.38. The van der Waals surface area contributed by atoms with Gasteiger partial charge in [-0.2, -0.15) is 16.8 Å². The van der Waals surface area contributed by atoms with Crippen LogP contribution in [0, 0.1) is 0 Å². The highest BCUT2D eigenvalue weighted by molar-refractivity contribution is 7.81. The van der Waals surface area contributed by atoms with Crippen LogP contribution in [-0.4, -0.2) is 64.1 Å². The average Bonchev–Trinajstić information content (AvgIpc) is 2.26. The molecule has 0 aliphatic carbocycles. The van der Waals surface area contributed by atoms with E-state index in [4.69, 9.17) is 18.6 Å². The van der Waals surface area contributed by atoms with E-state index in [1.807, 2.05) is 0 Å². The normalized spacial score (nSPS) is 32.2. The minimum absolute atomic E-state index is 0.0521. The molecule has 1 aliphatic rings. The summed E-state index contributed by atoms with van der Waals surface area (Å²) >= 11 is 0. The van der Waals surface area contributed by atoms with Gasteiger partial charge >= 0.3 is 20.8 Å². The molecule has 1 saturated heterocycles. The van der Waals surface area contributed by atoms with Crippen molar-refractivity contribution < 1.29 is 43.8 Å². The van der Waals surface area contributed by atoms with Gasteiger partial charge in [0.1, 0.15) is 6.10 Å². The topological polar surface area (TPSA) is 146 Å². The predicted molar refractivity (Wildman–Crippen MR) is 63.7 cm³/mol. The number of hydrogen-bond donors (Lipinski definition) is 2. The van der Waals surface area contributed by atoms with Gasteiger partial charge < -0.3 is 9.47 Å². The molecule has 0 bridgehead atoms. The molecule has 0 spiro atoms. The van der Waals surface area contributed by atoms with Gasteiger partial charge in [-0.1, -0.05) is 0 Å². The lowest BCUT2D eigenvalue weighted by atomic mass is 9.99. The van der Waals surface area contributed by atoms with Crippen LogP contribution in [0.5, 0.6) is 0 Å². The van der Waals surface area contributed by atoms with Crippen LogP contribution in [0.25, 0.3) is 0 Å². The van der Waals surface area contributed by atoms with Crippen molar-refractivity contribution in [2.45, 2.75) is 37.8 Å². The molecule has 4 atom stereocenters. The van der Waals surface area contributed by atoms with Crippen LogP contribution in [-0.2, 0) is 38.6 Å². The van der Waals surface area contributed by atoms with Crippen LogP contribution >= 0.6 is 0 Å². The van der Waals surface area contributed by atoms with Crippen molar-refractivity contribution in [1.82, 2.24) is 0 Å². The van der Waals surface area contributed by atoms with Crippen molar-refractivity contribution in [1.29, 1.82) is 0 Å². The molecule has 0 aromatic carbocycles. The van der Waals surface area contributed by atoms with Crippen LogP contribution in [0.15, 0.2) is 0 Å². The highest BCUT2D eigenvalue weighted by Gasteiger charge is 2.40. The van der Waals surface area contributed by atoms with E-state index in [0.29, 0.717) is 0 Å². The Bertz CT molecular complexity index is 511. The summed E-state index contributed by atoms with van der Waals surface area (Å²) in [7, 11) is -7.98. The minimum atomic E-state index is -4.68. The molecule has 1 fully saturated rings. The number of ether oxygens (including phenoxy) is 2. The largest absolute Gasteiger partial charge is 0.397 e. The Morgan fingerprint density at radius 3 is 2.25 bits per heavy atom. The Kier molecular flexibility index (Phi) is 5.86. The van der Waals surface area contributed by atoms with E-state index in [9.17, 15) is 16.8 Å². The summed E-state index contributed by atoms with van der Waals surface area (Å²) in [6.45, 7) is 1.00. The molecule has 0 radical (unpaired) electrons. The molecule has 1 rings (SSSR count). The summed E-state index contributed by atoms with van der Waals surface area (Å²) < 4.78 is 78.5. The summed E-state index contributed by atoms with van der Waals surface area (Å²) in [5, 5.41) is 0. The van der Waals surface area contributed by atoms with Gasteiger partial charge in [0.25, 0.3) is 0 Å². The van der Waals surface area contributed by atoms with Gasteiger partial charge in [-0.3, -0.25) is 9.11 Å². The Labute approximate surface area is 116 Å². The first-order valence-electron chi connectivity index (χ1n) is 5.47. The third-order valence-corrected chi connectivity index (χ3v) is 3.57. The quantitative estimate of drug-likeness (QED) is 0.590. The first-order valence-corrected chi connectivity index (χ1v) is 8.20. The Balaban J connectivity index is 2.70. The van der Waals surface area contributed by atoms with Crippen molar-refractivity contribution in [3.8, 4) is 0 Å². The zero-order valence-electron chi connectivity index (χ0n) is 10.7. The maximum absolute atomic E-state index is 10.7. The second kappa shape index (κ2) is 6.62. The van der Waals surface area contributed by atoms with Crippen molar-refractivity contribution in [3.63, 3.8) is 0 Å². The van der Waals surface area contributed by atoms with E-state index >= 15 is 0 Å². The van der Waals surface area contributed by atoms with E-state index in [0.717, 1.165) is 0 Å². The molecule has 1 aliphatic heterocycles. The lowest BCUT2D eigenvalue weighted by molar-refractivity contribution is -0.168. The first kappa shape index (κ1) is 17.7. The predicted octanol–water partition coefficient (Wildman–Crippen LogP) is -0.814. The molecule has 2 N–H and O–H groups in total. The highest BCUT2D eigenvalue weighted by atomic mass is 32.3. The summed E-state index contributed by atoms with van der Waals surface area (Å²) in [6, 6.07) is 0. The van der Waals surface area contributed by atoms with E-state index in [1.54, 1.807) is 0 Å². The lowest BCUT2D eigenvalue weighted by Crippen LogP contribution is -2.51.